The molecule has 2 heterocycles. The second-order valence-corrected chi connectivity index (χ2v) is 10.3. The van der Waals surface area contributed by atoms with Crippen LogP contribution >= 0.6 is 0 Å². The number of rotatable bonds is 5. The molecule has 1 spiro atoms. The smallest absolute Gasteiger partial charge is 0.224 e. The van der Waals surface area contributed by atoms with Crippen molar-refractivity contribution in [3.8, 4) is 0 Å². The molecule has 148 valence electrons. The average Bonchev–Trinajstić information content (AvgIpc) is 3.36. The van der Waals surface area contributed by atoms with Gasteiger partial charge >= 0.3 is 0 Å². The summed E-state index contributed by atoms with van der Waals surface area (Å²) in [5, 5.41) is 0. The molecule has 0 aromatic heterocycles. The summed E-state index contributed by atoms with van der Waals surface area (Å²) in [5.41, 5.74) is 1.38. The van der Waals surface area contributed by atoms with E-state index in [1.54, 1.807) is 0 Å². The van der Waals surface area contributed by atoms with Crippen molar-refractivity contribution >= 4 is 15.9 Å². The van der Waals surface area contributed by atoms with Crippen molar-refractivity contribution < 1.29 is 17.9 Å². The quantitative estimate of drug-likeness (QED) is 0.768. The third kappa shape index (κ3) is 4.05. The number of hydrogen-bond acceptors (Lipinski definition) is 4. The molecular weight excluding hydrogens is 364 g/mol. The summed E-state index contributed by atoms with van der Waals surface area (Å²) in [6.07, 6.45) is 3.29. The van der Waals surface area contributed by atoms with Crippen molar-refractivity contribution in [1.82, 2.24) is 9.21 Å². The normalized spacial score (nSPS) is 27.3. The monoisotopic (exact) mass is 392 g/mol. The Labute approximate surface area is 161 Å². The van der Waals surface area contributed by atoms with E-state index in [0.29, 0.717) is 32.1 Å². The van der Waals surface area contributed by atoms with Crippen LogP contribution in [-0.2, 0) is 25.3 Å². The van der Waals surface area contributed by atoms with Crippen molar-refractivity contribution in [2.75, 3.05) is 32.8 Å². The number of carbonyl (C=O) groups is 1. The molecule has 27 heavy (non-hydrogen) atoms. The molecule has 1 aromatic carbocycles. The molecular formula is C20H28N2O4S. The Morgan fingerprint density at radius 2 is 1.96 bits per heavy atom. The number of aryl methyl sites for hydroxylation is 1. The summed E-state index contributed by atoms with van der Waals surface area (Å²) in [5.74, 6) is 0.615. The van der Waals surface area contributed by atoms with Gasteiger partial charge in [-0.25, -0.2) is 8.42 Å². The molecule has 0 bridgehead atoms. The number of nitrogens with zero attached hydrogens (tertiary/aromatic N) is 2. The van der Waals surface area contributed by atoms with Crippen LogP contribution in [0.1, 0.15) is 36.8 Å². The van der Waals surface area contributed by atoms with Crippen molar-refractivity contribution in [3.63, 3.8) is 0 Å². The molecule has 1 saturated carbocycles. The van der Waals surface area contributed by atoms with E-state index >= 15 is 0 Å². The average molecular weight is 393 g/mol. The number of hydrogen-bond donors (Lipinski definition) is 0. The SMILES string of the molecule is Cc1ccc(CS(=O)(=O)N2CCC(=O)N(CC3CC3)C3(CCOC3)C2)cc1. The zero-order chi connectivity index (χ0) is 19.1. The van der Waals surface area contributed by atoms with Gasteiger partial charge in [-0.1, -0.05) is 29.8 Å². The molecule has 4 rings (SSSR count). The van der Waals surface area contributed by atoms with Gasteiger partial charge in [0.2, 0.25) is 15.9 Å². The fraction of sp³-hybridized carbons (Fsp3) is 0.650. The maximum atomic E-state index is 13.1. The maximum absolute atomic E-state index is 13.1. The molecule has 1 aromatic rings. The first kappa shape index (κ1) is 18.9. The van der Waals surface area contributed by atoms with Crippen molar-refractivity contribution in [3.05, 3.63) is 35.4 Å². The highest BCUT2D eigenvalue weighted by molar-refractivity contribution is 7.88. The van der Waals surface area contributed by atoms with Gasteiger partial charge in [-0.3, -0.25) is 4.79 Å². The van der Waals surface area contributed by atoms with Gasteiger partial charge in [-0.05, 0) is 37.7 Å². The summed E-state index contributed by atoms with van der Waals surface area (Å²) in [6, 6.07) is 7.59. The molecule has 3 aliphatic rings. The summed E-state index contributed by atoms with van der Waals surface area (Å²) < 4.78 is 33.5. The zero-order valence-electron chi connectivity index (χ0n) is 15.9. The van der Waals surface area contributed by atoms with Gasteiger partial charge in [0.1, 0.15) is 0 Å². The molecule has 1 aliphatic carbocycles. The Morgan fingerprint density at radius 1 is 1.22 bits per heavy atom. The molecule has 3 fully saturated rings. The highest BCUT2D eigenvalue weighted by Gasteiger charge is 2.49. The van der Waals surface area contributed by atoms with Crippen LogP contribution in [0.3, 0.4) is 0 Å². The van der Waals surface area contributed by atoms with Gasteiger partial charge in [0.15, 0.2) is 0 Å². The molecule has 6 nitrogen and oxygen atoms in total. The third-order valence-corrected chi connectivity index (χ3v) is 7.80. The number of carbonyl (C=O) groups excluding carboxylic acids is 1. The first-order valence-electron chi connectivity index (χ1n) is 9.80. The lowest BCUT2D eigenvalue weighted by atomic mass is 9.95. The molecule has 1 amide bonds. The second-order valence-electron chi connectivity index (χ2n) is 8.30. The fourth-order valence-corrected chi connectivity index (χ4v) is 5.73. The maximum Gasteiger partial charge on any atom is 0.224 e. The minimum atomic E-state index is -3.50. The lowest BCUT2D eigenvalue weighted by Gasteiger charge is -2.40. The summed E-state index contributed by atoms with van der Waals surface area (Å²) >= 11 is 0. The Balaban J connectivity index is 1.57. The van der Waals surface area contributed by atoms with Gasteiger partial charge in [-0.2, -0.15) is 4.31 Å². The first-order chi connectivity index (χ1) is 12.9. The van der Waals surface area contributed by atoms with E-state index in [2.05, 4.69) is 0 Å². The lowest BCUT2D eigenvalue weighted by molar-refractivity contribution is -0.136. The van der Waals surface area contributed by atoms with E-state index in [-0.39, 0.29) is 24.6 Å². The second kappa shape index (κ2) is 7.18. The summed E-state index contributed by atoms with van der Waals surface area (Å²) in [7, 11) is -3.50. The van der Waals surface area contributed by atoms with Crippen LogP contribution in [0.2, 0.25) is 0 Å². The van der Waals surface area contributed by atoms with Gasteiger partial charge < -0.3 is 9.64 Å². The Hall–Kier alpha value is -1.44. The van der Waals surface area contributed by atoms with Crippen molar-refractivity contribution in [2.24, 2.45) is 5.92 Å². The number of ether oxygens (including phenoxy) is 1. The van der Waals surface area contributed by atoms with Crippen molar-refractivity contribution in [2.45, 2.75) is 43.9 Å². The van der Waals surface area contributed by atoms with Crippen LogP contribution in [0, 0.1) is 12.8 Å². The molecule has 7 heteroatoms. The van der Waals surface area contributed by atoms with Crippen LogP contribution in [0.15, 0.2) is 24.3 Å². The first-order valence-corrected chi connectivity index (χ1v) is 11.4. The minimum Gasteiger partial charge on any atom is -0.379 e. The molecule has 1 unspecified atom stereocenters. The Morgan fingerprint density at radius 3 is 2.59 bits per heavy atom. The van der Waals surface area contributed by atoms with Crippen LogP contribution in [0.5, 0.6) is 0 Å². The number of amides is 1. The lowest BCUT2D eigenvalue weighted by Crippen LogP contribution is -2.57. The highest BCUT2D eigenvalue weighted by atomic mass is 32.2. The zero-order valence-corrected chi connectivity index (χ0v) is 16.7. The number of benzene rings is 1. The Bertz CT molecular complexity index is 796. The predicted molar refractivity (Wildman–Crippen MR) is 103 cm³/mol. The molecule has 2 saturated heterocycles. The van der Waals surface area contributed by atoms with E-state index in [4.69, 9.17) is 4.74 Å². The largest absolute Gasteiger partial charge is 0.379 e. The van der Waals surface area contributed by atoms with E-state index in [0.717, 1.165) is 30.5 Å². The van der Waals surface area contributed by atoms with Gasteiger partial charge in [-0.15, -0.1) is 0 Å². The third-order valence-electron chi connectivity index (χ3n) is 6.00. The van der Waals surface area contributed by atoms with E-state index < -0.39 is 15.6 Å². The predicted octanol–water partition coefficient (Wildman–Crippen LogP) is 1.93. The Kier molecular flexibility index (Phi) is 5.03. The summed E-state index contributed by atoms with van der Waals surface area (Å²) in [4.78, 5) is 14.8. The van der Waals surface area contributed by atoms with Crippen molar-refractivity contribution in [1.29, 1.82) is 0 Å². The summed E-state index contributed by atoms with van der Waals surface area (Å²) in [6.45, 7) is 4.35. The van der Waals surface area contributed by atoms with Crippen LogP contribution in [0.25, 0.3) is 0 Å². The van der Waals surface area contributed by atoms with Crippen LogP contribution in [0.4, 0.5) is 0 Å². The molecule has 0 N–H and O–H groups in total. The fourth-order valence-electron chi connectivity index (χ4n) is 4.12. The van der Waals surface area contributed by atoms with Gasteiger partial charge in [0.25, 0.3) is 0 Å². The van der Waals surface area contributed by atoms with E-state index in [1.165, 1.54) is 4.31 Å². The van der Waals surface area contributed by atoms with E-state index in [1.807, 2.05) is 36.1 Å². The molecule has 2 aliphatic heterocycles. The van der Waals surface area contributed by atoms with Crippen LogP contribution in [-0.4, -0.2) is 61.9 Å². The minimum absolute atomic E-state index is 0.0268. The number of sulfonamides is 1. The van der Waals surface area contributed by atoms with Crippen LogP contribution < -0.4 is 0 Å². The topological polar surface area (TPSA) is 66.9 Å². The van der Waals surface area contributed by atoms with E-state index in [9.17, 15) is 13.2 Å². The van der Waals surface area contributed by atoms with Gasteiger partial charge in [0.05, 0.1) is 17.9 Å². The molecule has 1 atom stereocenters. The standard InChI is InChI=1S/C20H28N2O4S/c1-16-2-4-18(5-3-16)13-27(24,25)21-10-8-19(23)22(12-17-6-7-17)20(14-21)9-11-26-15-20/h2-5,17H,6-15H2,1H3. The van der Waals surface area contributed by atoms with Gasteiger partial charge in [0, 0.05) is 32.7 Å². The highest BCUT2D eigenvalue weighted by Crippen LogP contribution is 2.37. The molecule has 0 radical (unpaired) electrons.